The summed E-state index contributed by atoms with van der Waals surface area (Å²) >= 11 is 6.13. The zero-order chi connectivity index (χ0) is 17.8. The number of benzene rings is 2. The minimum Gasteiger partial charge on any atom is -0.322 e. The first-order chi connectivity index (χ1) is 12.0. The third-order valence-electron chi connectivity index (χ3n) is 3.46. The van der Waals surface area contributed by atoms with Gasteiger partial charge in [0.25, 0.3) is 5.56 Å². The quantitative estimate of drug-likeness (QED) is 0.778. The van der Waals surface area contributed by atoms with E-state index in [1.54, 1.807) is 30.3 Å². The van der Waals surface area contributed by atoms with E-state index in [4.69, 9.17) is 11.6 Å². The second-order valence-electron chi connectivity index (χ2n) is 5.22. The molecule has 0 unspecified atom stereocenters. The number of carbonyl (C=O) groups is 1. The molecule has 3 rings (SSSR count). The Kier molecular flexibility index (Phi) is 4.90. The highest BCUT2D eigenvalue weighted by Crippen LogP contribution is 2.24. The predicted octanol–water partition coefficient (Wildman–Crippen LogP) is 3.34. The summed E-state index contributed by atoms with van der Waals surface area (Å²) in [5.41, 5.74) is 0.707. The fourth-order valence-corrected chi connectivity index (χ4v) is 2.50. The molecule has 25 heavy (non-hydrogen) atoms. The molecule has 0 bridgehead atoms. The van der Waals surface area contributed by atoms with Crippen LogP contribution in [0.2, 0.25) is 5.02 Å². The first-order valence-electron chi connectivity index (χ1n) is 7.42. The van der Waals surface area contributed by atoms with E-state index in [0.29, 0.717) is 16.3 Å². The van der Waals surface area contributed by atoms with Crippen molar-refractivity contribution < 1.29 is 9.18 Å². The number of hydrogen-bond acceptors (Lipinski definition) is 3. The number of hydrogen-bond donors (Lipinski definition) is 1. The average Bonchev–Trinajstić information content (AvgIpc) is 2.59. The van der Waals surface area contributed by atoms with Gasteiger partial charge in [-0.05, 0) is 24.3 Å². The molecule has 0 aliphatic heterocycles. The maximum Gasteiger partial charge on any atom is 0.267 e. The van der Waals surface area contributed by atoms with E-state index in [1.807, 2.05) is 0 Å². The van der Waals surface area contributed by atoms with Crippen molar-refractivity contribution in [2.45, 2.75) is 6.54 Å². The molecule has 3 aromatic rings. The molecule has 0 fully saturated rings. The summed E-state index contributed by atoms with van der Waals surface area (Å²) in [6, 6.07) is 15.7. The summed E-state index contributed by atoms with van der Waals surface area (Å²) in [7, 11) is 0. The highest BCUT2D eigenvalue weighted by molar-refractivity contribution is 6.33. The zero-order valence-corrected chi connectivity index (χ0v) is 13.7. The fourth-order valence-electron chi connectivity index (χ4n) is 2.26. The van der Waals surface area contributed by atoms with Crippen molar-refractivity contribution in [3.8, 4) is 11.3 Å². The van der Waals surface area contributed by atoms with Gasteiger partial charge in [0.2, 0.25) is 5.91 Å². The van der Waals surface area contributed by atoms with Gasteiger partial charge in [-0.25, -0.2) is 9.07 Å². The van der Waals surface area contributed by atoms with Crippen LogP contribution in [0.25, 0.3) is 11.3 Å². The van der Waals surface area contributed by atoms with E-state index >= 15 is 0 Å². The molecule has 0 aliphatic carbocycles. The minimum atomic E-state index is -0.559. The Bertz CT molecular complexity index is 988. The van der Waals surface area contributed by atoms with E-state index < -0.39 is 17.3 Å². The molecule has 0 saturated heterocycles. The van der Waals surface area contributed by atoms with Crippen LogP contribution >= 0.6 is 11.6 Å². The summed E-state index contributed by atoms with van der Waals surface area (Å²) in [6.45, 7) is -0.342. The van der Waals surface area contributed by atoms with Crippen molar-refractivity contribution in [2.75, 3.05) is 5.32 Å². The topological polar surface area (TPSA) is 64.0 Å². The first-order valence-corrected chi connectivity index (χ1v) is 7.80. The number of para-hydroxylation sites is 1. The van der Waals surface area contributed by atoms with Crippen molar-refractivity contribution >= 4 is 23.2 Å². The van der Waals surface area contributed by atoms with Gasteiger partial charge in [0, 0.05) is 11.6 Å². The number of aromatic nitrogens is 2. The van der Waals surface area contributed by atoms with Crippen LogP contribution in [0.3, 0.4) is 0 Å². The molecule has 0 spiro atoms. The Morgan fingerprint density at radius 2 is 1.80 bits per heavy atom. The van der Waals surface area contributed by atoms with Crippen LogP contribution in [-0.2, 0) is 11.3 Å². The minimum absolute atomic E-state index is 0.0443. The Morgan fingerprint density at radius 1 is 1.08 bits per heavy atom. The second kappa shape index (κ2) is 7.27. The number of halogens is 2. The molecule has 126 valence electrons. The number of nitrogens with one attached hydrogen (secondary N) is 1. The molecular weight excluding hydrogens is 345 g/mol. The lowest BCUT2D eigenvalue weighted by molar-refractivity contribution is -0.117. The van der Waals surface area contributed by atoms with E-state index in [2.05, 4.69) is 10.4 Å². The highest BCUT2D eigenvalue weighted by Gasteiger charge is 2.11. The molecule has 0 aliphatic rings. The van der Waals surface area contributed by atoms with Gasteiger partial charge in [-0.3, -0.25) is 9.59 Å². The third-order valence-corrected chi connectivity index (χ3v) is 3.79. The van der Waals surface area contributed by atoms with Gasteiger partial charge >= 0.3 is 0 Å². The average molecular weight is 358 g/mol. The van der Waals surface area contributed by atoms with Gasteiger partial charge < -0.3 is 5.32 Å². The normalized spacial score (nSPS) is 10.5. The molecule has 0 saturated carbocycles. The van der Waals surface area contributed by atoms with E-state index in [0.717, 1.165) is 4.68 Å². The van der Waals surface area contributed by atoms with Gasteiger partial charge in [0.15, 0.2) is 0 Å². The Morgan fingerprint density at radius 3 is 2.56 bits per heavy atom. The lowest BCUT2D eigenvalue weighted by Crippen LogP contribution is -2.29. The zero-order valence-electron chi connectivity index (χ0n) is 12.9. The molecule has 5 nitrogen and oxygen atoms in total. The molecule has 1 N–H and O–H groups in total. The van der Waals surface area contributed by atoms with Crippen LogP contribution in [0.1, 0.15) is 0 Å². The summed E-state index contributed by atoms with van der Waals surface area (Å²) in [5.74, 6) is -1.11. The van der Waals surface area contributed by atoms with Crippen molar-refractivity contribution in [3.05, 3.63) is 81.9 Å². The van der Waals surface area contributed by atoms with Crippen LogP contribution in [0.15, 0.2) is 65.5 Å². The van der Waals surface area contributed by atoms with E-state index in [1.165, 1.54) is 30.3 Å². The molecule has 2 aromatic carbocycles. The lowest BCUT2D eigenvalue weighted by atomic mass is 10.1. The van der Waals surface area contributed by atoms with Gasteiger partial charge in [0.1, 0.15) is 12.4 Å². The maximum absolute atomic E-state index is 13.6. The molecule has 0 atom stereocenters. The summed E-state index contributed by atoms with van der Waals surface area (Å²) in [6.07, 6.45) is 0. The molecule has 0 radical (unpaired) electrons. The summed E-state index contributed by atoms with van der Waals surface area (Å²) in [5, 5.41) is 7.07. The van der Waals surface area contributed by atoms with Crippen molar-refractivity contribution in [3.63, 3.8) is 0 Å². The Balaban J connectivity index is 1.84. The Hall–Kier alpha value is -2.99. The first kappa shape index (κ1) is 16.9. The second-order valence-corrected chi connectivity index (χ2v) is 5.63. The van der Waals surface area contributed by atoms with Gasteiger partial charge in [-0.1, -0.05) is 41.9 Å². The Labute approximate surface area is 147 Å². The van der Waals surface area contributed by atoms with E-state index in [9.17, 15) is 14.0 Å². The summed E-state index contributed by atoms with van der Waals surface area (Å²) < 4.78 is 14.6. The number of carbonyl (C=O) groups excluding carboxylic acids is 1. The third kappa shape index (κ3) is 3.92. The monoisotopic (exact) mass is 357 g/mol. The van der Waals surface area contributed by atoms with Crippen molar-refractivity contribution in [1.29, 1.82) is 0 Å². The summed E-state index contributed by atoms with van der Waals surface area (Å²) in [4.78, 5) is 24.1. The SMILES string of the molecule is O=C(Cn1nc(-c2ccccc2Cl)ccc1=O)Nc1ccccc1F. The fraction of sp³-hybridized carbons (Fsp3) is 0.0556. The van der Waals surface area contributed by atoms with Crippen LogP contribution in [0.5, 0.6) is 0 Å². The standard InChI is InChI=1S/C18H13ClFN3O2/c19-13-6-2-1-5-12(13)15-9-10-18(25)23(22-15)11-17(24)21-16-8-4-3-7-14(16)20/h1-10H,11H2,(H,21,24). The largest absolute Gasteiger partial charge is 0.322 e. The molecule has 1 amide bonds. The number of amides is 1. The molecule has 1 aromatic heterocycles. The number of anilines is 1. The molecule has 7 heteroatoms. The van der Waals surface area contributed by atoms with Gasteiger partial charge in [-0.15, -0.1) is 0 Å². The molecule has 1 heterocycles. The van der Waals surface area contributed by atoms with Crippen LogP contribution < -0.4 is 10.9 Å². The number of nitrogens with zero attached hydrogens (tertiary/aromatic N) is 2. The smallest absolute Gasteiger partial charge is 0.267 e. The van der Waals surface area contributed by atoms with Crippen LogP contribution in [-0.4, -0.2) is 15.7 Å². The molecular formula is C18H13ClFN3O2. The van der Waals surface area contributed by atoms with Crippen LogP contribution in [0, 0.1) is 5.82 Å². The van der Waals surface area contributed by atoms with E-state index in [-0.39, 0.29) is 12.2 Å². The maximum atomic E-state index is 13.6. The number of rotatable bonds is 4. The predicted molar refractivity (Wildman–Crippen MR) is 94.0 cm³/mol. The van der Waals surface area contributed by atoms with Crippen LogP contribution in [0.4, 0.5) is 10.1 Å². The van der Waals surface area contributed by atoms with Crippen molar-refractivity contribution in [2.24, 2.45) is 0 Å². The lowest BCUT2D eigenvalue weighted by Gasteiger charge is -2.09. The van der Waals surface area contributed by atoms with Crippen molar-refractivity contribution in [1.82, 2.24) is 9.78 Å². The van der Waals surface area contributed by atoms with Gasteiger partial charge in [0.05, 0.1) is 16.4 Å². The highest BCUT2D eigenvalue weighted by atomic mass is 35.5. The van der Waals surface area contributed by atoms with Gasteiger partial charge in [-0.2, -0.15) is 5.10 Å².